The topological polar surface area (TPSA) is 17.8 Å². The van der Waals surface area contributed by atoms with Crippen LogP contribution in [0.15, 0.2) is 0 Å². The Morgan fingerprint density at radius 3 is 2.12 bits per heavy atom. The molecule has 1 heterocycles. The third-order valence-electron chi connectivity index (χ3n) is 4.31. The Balaban J connectivity index is 0.00000151. The van der Waals surface area contributed by atoms with E-state index in [9.17, 15) is 30.7 Å². The molecule has 1 aliphatic rings. The fourth-order valence-electron chi connectivity index (χ4n) is 3.00. The highest BCUT2D eigenvalue weighted by Crippen LogP contribution is 2.48. The summed E-state index contributed by atoms with van der Waals surface area (Å²) in [6, 6.07) is 0. The summed E-state index contributed by atoms with van der Waals surface area (Å²) in [5.41, 5.74) is -1.61. The minimum Gasteiger partial charge on any atom is -0.266 e. The van der Waals surface area contributed by atoms with Crippen molar-refractivity contribution in [3.05, 3.63) is 17.0 Å². The van der Waals surface area contributed by atoms with E-state index < -0.39 is 43.0 Å². The standard InChI is InChI=1S/C14H17F7N2.C2H6/c1-7-6-9(15)11-10(8(7)2)12(14(19,20)21)22-23(11)5-3-4-13(16,17)18;1-2/h7-9H,3-6H2,1-2H3;1-2H3. The van der Waals surface area contributed by atoms with Crippen molar-refractivity contribution in [1.29, 1.82) is 0 Å². The van der Waals surface area contributed by atoms with Gasteiger partial charge in [-0.05, 0) is 24.7 Å². The molecule has 1 aromatic heterocycles. The Labute approximate surface area is 142 Å². The number of aryl methyl sites for hydroxylation is 1. The molecule has 0 spiro atoms. The third-order valence-corrected chi connectivity index (χ3v) is 4.31. The third kappa shape index (κ3) is 5.10. The molecule has 3 atom stereocenters. The van der Waals surface area contributed by atoms with Crippen LogP contribution in [0.5, 0.6) is 0 Å². The van der Waals surface area contributed by atoms with Crippen LogP contribution in [0, 0.1) is 5.92 Å². The van der Waals surface area contributed by atoms with Gasteiger partial charge in [0.05, 0.1) is 5.69 Å². The van der Waals surface area contributed by atoms with E-state index in [-0.39, 0.29) is 30.1 Å². The van der Waals surface area contributed by atoms with Gasteiger partial charge in [0.1, 0.15) is 6.17 Å². The summed E-state index contributed by atoms with van der Waals surface area (Å²) in [4.78, 5) is 0. The maximum absolute atomic E-state index is 14.3. The van der Waals surface area contributed by atoms with E-state index in [1.165, 1.54) is 0 Å². The van der Waals surface area contributed by atoms with Crippen LogP contribution >= 0.6 is 0 Å². The average Bonchev–Trinajstić information content (AvgIpc) is 2.86. The van der Waals surface area contributed by atoms with Crippen molar-refractivity contribution in [2.75, 3.05) is 0 Å². The zero-order valence-electron chi connectivity index (χ0n) is 14.6. The van der Waals surface area contributed by atoms with E-state index in [2.05, 4.69) is 5.10 Å². The van der Waals surface area contributed by atoms with Crippen LogP contribution in [0.1, 0.15) is 76.0 Å². The second kappa shape index (κ2) is 7.95. The number of fused-ring (bicyclic) bond motifs is 1. The molecule has 0 radical (unpaired) electrons. The number of hydrogen-bond acceptors (Lipinski definition) is 1. The van der Waals surface area contributed by atoms with Crippen LogP contribution in [-0.2, 0) is 12.7 Å². The first-order valence-corrected chi connectivity index (χ1v) is 8.30. The molecule has 2 nitrogen and oxygen atoms in total. The average molecular weight is 376 g/mol. The molecule has 0 N–H and O–H groups in total. The first-order chi connectivity index (χ1) is 11.4. The van der Waals surface area contributed by atoms with Gasteiger partial charge in [-0.25, -0.2) is 4.39 Å². The van der Waals surface area contributed by atoms with Gasteiger partial charge in [0.2, 0.25) is 0 Å². The van der Waals surface area contributed by atoms with Crippen LogP contribution < -0.4 is 0 Å². The first kappa shape index (κ1) is 21.8. The van der Waals surface area contributed by atoms with E-state index in [0.717, 1.165) is 4.68 Å². The molecular formula is C16H23F7N2. The highest BCUT2D eigenvalue weighted by molar-refractivity contribution is 5.36. The molecule has 0 saturated carbocycles. The predicted molar refractivity (Wildman–Crippen MR) is 79.9 cm³/mol. The lowest BCUT2D eigenvalue weighted by Crippen LogP contribution is -2.22. The van der Waals surface area contributed by atoms with Crippen molar-refractivity contribution in [2.24, 2.45) is 5.92 Å². The maximum atomic E-state index is 14.3. The van der Waals surface area contributed by atoms with Crippen LogP contribution in [0.2, 0.25) is 0 Å². The number of halogens is 7. The summed E-state index contributed by atoms with van der Waals surface area (Å²) < 4.78 is 91.1. The number of aromatic nitrogens is 2. The van der Waals surface area contributed by atoms with Gasteiger partial charge in [-0.3, -0.25) is 4.68 Å². The van der Waals surface area contributed by atoms with Crippen LogP contribution in [0.4, 0.5) is 30.7 Å². The van der Waals surface area contributed by atoms with E-state index in [1.54, 1.807) is 13.8 Å². The van der Waals surface area contributed by atoms with Crippen molar-refractivity contribution in [3.63, 3.8) is 0 Å². The monoisotopic (exact) mass is 376 g/mol. The van der Waals surface area contributed by atoms with Gasteiger partial charge in [-0.1, -0.05) is 27.7 Å². The summed E-state index contributed by atoms with van der Waals surface area (Å²) in [5, 5.41) is 3.40. The Morgan fingerprint density at radius 1 is 1.08 bits per heavy atom. The normalized spacial score (nSPS) is 23.7. The molecule has 146 valence electrons. The second-order valence-corrected chi connectivity index (χ2v) is 6.06. The molecule has 0 bridgehead atoms. The number of nitrogens with zero attached hydrogens (tertiary/aromatic N) is 2. The maximum Gasteiger partial charge on any atom is 0.435 e. The van der Waals surface area contributed by atoms with Crippen LogP contribution in [0.3, 0.4) is 0 Å². The molecule has 1 aliphatic carbocycles. The number of hydrogen-bond donors (Lipinski definition) is 0. The zero-order valence-corrected chi connectivity index (χ0v) is 14.6. The Morgan fingerprint density at radius 2 is 1.64 bits per heavy atom. The minimum absolute atomic E-state index is 0.0381. The van der Waals surface area contributed by atoms with Crippen LogP contribution in [0.25, 0.3) is 0 Å². The number of alkyl halides is 7. The van der Waals surface area contributed by atoms with Gasteiger partial charge in [0, 0.05) is 18.5 Å². The lowest BCUT2D eigenvalue weighted by Gasteiger charge is -2.29. The molecule has 0 saturated heterocycles. The summed E-state index contributed by atoms with van der Waals surface area (Å²) >= 11 is 0. The molecule has 2 rings (SSSR count). The van der Waals surface area contributed by atoms with Crippen molar-refractivity contribution < 1.29 is 30.7 Å². The van der Waals surface area contributed by atoms with Crippen molar-refractivity contribution in [3.8, 4) is 0 Å². The van der Waals surface area contributed by atoms with Crippen molar-refractivity contribution in [2.45, 2.75) is 77.9 Å². The highest BCUT2D eigenvalue weighted by atomic mass is 19.4. The zero-order chi connectivity index (χ0) is 19.6. The van der Waals surface area contributed by atoms with Crippen LogP contribution in [-0.4, -0.2) is 16.0 Å². The van der Waals surface area contributed by atoms with Gasteiger partial charge in [0.15, 0.2) is 5.69 Å². The predicted octanol–water partition coefficient (Wildman–Crippen LogP) is 6.42. The van der Waals surface area contributed by atoms with Gasteiger partial charge < -0.3 is 0 Å². The first-order valence-electron chi connectivity index (χ1n) is 8.30. The lowest BCUT2D eigenvalue weighted by atomic mass is 9.78. The van der Waals surface area contributed by atoms with Gasteiger partial charge in [-0.2, -0.15) is 31.4 Å². The molecule has 3 unspecified atom stereocenters. The second-order valence-electron chi connectivity index (χ2n) is 6.06. The summed E-state index contributed by atoms with van der Waals surface area (Å²) in [5.74, 6) is -0.851. The fraction of sp³-hybridized carbons (Fsp3) is 0.812. The van der Waals surface area contributed by atoms with E-state index >= 15 is 0 Å². The van der Waals surface area contributed by atoms with Gasteiger partial charge in [-0.15, -0.1) is 0 Å². The fourth-order valence-corrected chi connectivity index (χ4v) is 3.00. The Kier molecular flexibility index (Phi) is 6.92. The Bertz CT molecular complexity index is 560. The smallest absolute Gasteiger partial charge is 0.266 e. The summed E-state index contributed by atoms with van der Waals surface area (Å²) in [6.07, 6.45) is -12.4. The van der Waals surface area contributed by atoms with E-state index in [0.29, 0.717) is 0 Å². The summed E-state index contributed by atoms with van der Waals surface area (Å²) in [7, 11) is 0. The minimum atomic E-state index is -4.76. The van der Waals surface area contributed by atoms with E-state index in [4.69, 9.17) is 0 Å². The van der Waals surface area contributed by atoms with E-state index in [1.807, 2.05) is 13.8 Å². The largest absolute Gasteiger partial charge is 0.435 e. The van der Waals surface area contributed by atoms with Crippen molar-refractivity contribution >= 4 is 0 Å². The molecule has 1 aromatic rings. The van der Waals surface area contributed by atoms with Gasteiger partial charge in [0.25, 0.3) is 0 Å². The molecule has 0 aromatic carbocycles. The quantitative estimate of drug-likeness (QED) is 0.556. The Hall–Kier alpha value is -1.28. The molecule has 0 fully saturated rings. The summed E-state index contributed by atoms with van der Waals surface area (Å²) in [6.45, 7) is 6.83. The number of rotatable bonds is 3. The SMILES string of the molecule is CC.CC1CC(F)c2c(c(C(F)(F)F)nn2CCCC(F)(F)F)C1C. The molecule has 0 aliphatic heterocycles. The molecule has 0 amide bonds. The molecular weight excluding hydrogens is 353 g/mol. The molecule has 25 heavy (non-hydrogen) atoms. The highest BCUT2D eigenvalue weighted by Gasteiger charge is 2.45. The van der Waals surface area contributed by atoms with Gasteiger partial charge >= 0.3 is 12.4 Å². The molecule has 9 heteroatoms. The lowest BCUT2D eigenvalue weighted by molar-refractivity contribution is -0.143. The van der Waals surface area contributed by atoms with Crippen molar-refractivity contribution in [1.82, 2.24) is 9.78 Å².